The molecule has 1 atom stereocenters. The molecule has 10 heteroatoms. The van der Waals surface area contributed by atoms with E-state index in [0.29, 0.717) is 13.2 Å². The maximum atomic E-state index is 6.14. The number of guanidine groups is 1. The van der Waals surface area contributed by atoms with E-state index in [4.69, 9.17) is 14.5 Å². The molecule has 2 aliphatic heterocycles. The lowest BCUT2D eigenvalue weighted by atomic mass is 10.0. The highest BCUT2D eigenvalue weighted by Crippen LogP contribution is 2.25. The molecule has 2 fully saturated rings. The van der Waals surface area contributed by atoms with Crippen molar-refractivity contribution in [1.82, 2.24) is 29.9 Å². The normalized spacial score (nSPS) is 19.9. The number of nitrogens with zero attached hydrogens (tertiary/aromatic N) is 6. The van der Waals surface area contributed by atoms with Gasteiger partial charge in [-0.1, -0.05) is 24.3 Å². The first-order chi connectivity index (χ1) is 15.6. The van der Waals surface area contributed by atoms with Crippen LogP contribution in [0.25, 0.3) is 0 Å². The number of morpholine rings is 2. The molecule has 2 aromatic rings. The number of rotatable bonds is 6. The lowest BCUT2D eigenvalue weighted by Gasteiger charge is -2.36. The van der Waals surface area contributed by atoms with Crippen molar-refractivity contribution >= 4 is 29.9 Å². The number of aromatic nitrogens is 3. The quantitative estimate of drug-likeness (QED) is 0.324. The molecular formula is C23H36IN7O2. The van der Waals surface area contributed by atoms with Crippen molar-refractivity contribution in [3.63, 3.8) is 0 Å². The number of aliphatic imine (C=N–C) groups is 1. The third kappa shape index (κ3) is 6.87. The SMILES string of the molecule is Cc1ccccc1C1CN(C(=NCc2nnc(C)n2C)NCCN2CCOCC2)CCO1.I. The Kier molecular flexibility index (Phi) is 9.90. The van der Waals surface area contributed by atoms with E-state index in [9.17, 15) is 0 Å². The van der Waals surface area contributed by atoms with Gasteiger partial charge < -0.3 is 24.3 Å². The Hall–Kier alpha value is -1.76. The molecule has 1 unspecified atom stereocenters. The van der Waals surface area contributed by atoms with Gasteiger partial charge in [0, 0.05) is 39.8 Å². The average Bonchev–Trinajstić information content (AvgIpc) is 3.14. The van der Waals surface area contributed by atoms with E-state index in [1.165, 1.54) is 11.1 Å². The van der Waals surface area contributed by atoms with Gasteiger partial charge in [-0.25, -0.2) is 4.99 Å². The van der Waals surface area contributed by atoms with E-state index < -0.39 is 0 Å². The van der Waals surface area contributed by atoms with Crippen molar-refractivity contribution in [2.75, 3.05) is 59.1 Å². The molecule has 0 amide bonds. The molecule has 3 heterocycles. The van der Waals surface area contributed by atoms with Crippen LogP contribution in [0.5, 0.6) is 0 Å². The largest absolute Gasteiger partial charge is 0.379 e. The third-order valence-electron chi connectivity index (χ3n) is 6.27. The van der Waals surface area contributed by atoms with Gasteiger partial charge in [0.05, 0.1) is 26.4 Å². The fourth-order valence-corrected chi connectivity index (χ4v) is 4.13. The van der Waals surface area contributed by atoms with Gasteiger partial charge in [-0.3, -0.25) is 4.90 Å². The Bertz CT molecular complexity index is 914. The minimum absolute atomic E-state index is 0. The summed E-state index contributed by atoms with van der Waals surface area (Å²) < 4.78 is 13.6. The minimum Gasteiger partial charge on any atom is -0.379 e. The molecule has 1 N–H and O–H groups in total. The van der Waals surface area contributed by atoms with Crippen LogP contribution in [0.2, 0.25) is 0 Å². The first-order valence-corrected chi connectivity index (χ1v) is 11.5. The lowest BCUT2D eigenvalue weighted by Crippen LogP contribution is -2.50. The lowest BCUT2D eigenvalue weighted by molar-refractivity contribution is -0.00850. The fourth-order valence-electron chi connectivity index (χ4n) is 4.13. The van der Waals surface area contributed by atoms with E-state index in [1.807, 2.05) is 18.5 Å². The molecule has 2 saturated heterocycles. The summed E-state index contributed by atoms with van der Waals surface area (Å²) in [5, 5.41) is 12.0. The van der Waals surface area contributed by atoms with E-state index in [0.717, 1.165) is 70.1 Å². The van der Waals surface area contributed by atoms with E-state index in [1.54, 1.807) is 0 Å². The summed E-state index contributed by atoms with van der Waals surface area (Å²) in [5.41, 5.74) is 2.50. The average molecular weight is 569 g/mol. The van der Waals surface area contributed by atoms with Gasteiger partial charge in [0.1, 0.15) is 18.5 Å². The van der Waals surface area contributed by atoms with E-state index >= 15 is 0 Å². The zero-order valence-electron chi connectivity index (χ0n) is 19.9. The summed E-state index contributed by atoms with van der Waals surface area (Å²) in [4.78, 5) is 9.67. The van der Waals surface area contributed by atoms with Gasteiger partial charge in [-0.15, -0.1) is 34.2 Å². The molecule has 0 spiro atoms. The van der Waals surface area contributed by atoms with Gasteiger partial charge in [0.25, 0.3) is 0 Å². The van der Waals surface area contributed by atoms with Crippen molar-refractivity contribution in [2.45, 2.75) is 26.5 Å². The standard InChI is InChI=1S/C23H35N7O2.HI/c1-18-6-4-5-7-20(18)21-17-30(12-15-32-21)23(24-8-9-29-10-13-31-14-11-29)25-16-22-27-26-19(2)28(22)3;/h4-7,21H,8-17H2,1-3H3,(H,24,25);1H. The summed E-state index contributed by atoms with van der Waals surface area (Å²) in [6.45, 7) is 12.2. The van der Waals surface area contributed by atoms with Crippen LogP contribution in [0.4, 0.5) is 0 Å². The predicted octanol–water partition coefficient (Wildman–Crippen LogP) is 1.90. The molecule has 9 nitrogen and oxygen atoms in total. The highest BCUT2D eigenvalue weighted by atomic mass is 127. The molecule has 1 aromatic carbocycles. The van der Waals surface area contributed by atoms with Crippen LogP contribution in [0.15, 0.2) is 29.3 Å². The molecule has 0 saturated carbocycles. The Balaban J connectivity index is 0.00000306. The number of hydrogen-bond donors (Lipinski definition) is 1. The molecular weight excluding hydrogens is 533 g/mol. The van der Waals surface area contributed by atoms with Crippen LogP contribution in [-0.4, -0.2) is 89.6 Å². The van der Waals surface area contributed by atoms with Crippen molar-refractivity contribution < 1.29 is 9.47 Å². The van der Waals surface area contributed by atoms with Gasteiger partial charge in [0.15, 0.2) is 11.8 Å². The molecule has 0 aliphatic carbocycles. The van der Waals surface area contributed by atoms with Gasteiger partial charge >= 0.3 is 0 Å². The van der Waals surface area contributed by atoms with E-state index in [-0.39, 0.29) is 30.1 Å². The predicted molar refractivity (Wildman–Crippen MR) is 139 cm³/mol. The maximum Gasteiger partial charge on any atom is 0.194 e. The smallest absolute Gasteiger partial charge is 0.194 e. The first-order valence-electron chi connectivity index (χ1n) is 11.5. The third-order valence-corrected chi connectivity index (χ3v) is 6.27. The number of ether oxygens (including phenoxy) is 2. The highest BCUT2D eigenvalue weighted by Gasteiger charge is 2.25. The van der Waals surface area contributed by atoms with Crippen LogP contribution in [0.1, 0.15) is 28.9 Å². The second kappa shape index (κ2) is 12.6. The van der Waals surface area contributed by atoms with Crippen molar-refractivity contribution in [3.05, 3.63) is 47.0 Å². The molecule has 4 rings (SSSR count). The number of halogens is 1. The van der Waals surface area contributed by atoms with Crippen LogP contribution < -0.4 is 5.32 Å². The van der Waals surface area contributed by atoms with Crippen molar-refractivity contribution in [3.8, 4) is 0 Å². The number of aryl methyl sites for hydroxylation is 2. The Morgan fingerprint density at radius 2 is 1.91 bits per heavy atom. The highest BCUT2D eigenvalue weighted by molar-refractivity contribution is 14.0. The second-order valence-electron chi connectivity index (χ2n) is 8.41. The molecule has 2 aliphatic rings. The van der Waals surface area contributed by atoms with Gasteiger partial charge in [-0.2, -0.15) is 0 Å². The summed E-state index contributed by atoms with van der Waals surface area (Å²) >= 11 is 0. The fraction of sp³-hybridized carbons (Fsp3) is 0.609. The minimum atomic E-state index is 0. The van der Waals surface area contributed by atoms with Crippen molar-refractivity contribution in [2.24, 2.45) is 12.0 Å². The first kappa shape index (κ1) is 25.9. The Labute approximate surface area is 213 Å². The van der Waals surface area contributed by atoms with Gasteiger partial charge in [-0.05, 0) is 25.0 Å². The molecule has 182 valence electrons. The molecule has 0 radical (unpaired) electrons. The molecule has 0 bridgehead atoms. The van der Waals surface area contributed by atoms with Crippen LogP contribution >= 0.6 is 24.0 Å². The molecule has 1 aromatic heterocycles. The van der Waals surface area contributed by atoms with Crippen molar-refractivity contribution in [1.29, 1.82) is 0 Å². The summed E-state index contributed by atoms with van der Waals surface area (Å²) in [7, 11) is 1.98. The maximum absolute atomic E-state index is 6.14. The number of nitrogens with one attached hydrogen (secondary N) is 1. The van der Waals surface area contributed by atoms with Crippen LogP contribution in [0.3, 0.4) is 0 Å². The van der Waals surface area contributed by atoms with E-state index in [2.05, 4.69) is 56.5 Å². The van der Waals surface area contributed by atoms with Crippen LogP contribution in [-0.2, 0) is 23.1 Å². The second-order valence-corrected chi connectivity index (χ2v) is 8.41. The Morgan fingerprint density at radius 3 is 2.64 bits per heavy atom. The van der Waals surface area contributed by atoms with Crippen LogP contribution in [0, 0.1) is 13.8 Å². The zero-order chi connectivity index (χ0) is 22.3. The Morgan fingerprint density at radius 1 is 1.12 bits per heavy atom. The summed E-state index contributed by atoms with van der Waals surface area (Å²) in [6.07, 6.45) is 0.0354. The topological polar surface area (TPSA) is 80.0 Å². The summed E-state index contributed by atoms with van der Waals surface area (Å²) in [5.74, 6) is 2.66. The summed E-state index contributed by atoms with van der Waals surface area (Å²) in [6, 6.07) is 8.46. The molecule has 33 heavy (non-hydrogen) atoms. The monoisotopic (exact) mass is 569 g/mol. The zero-order valence-corrected chi connectivity index (χ0v) is 22.2. The number of benzene rings is 1. The number of hydrogen-bond acceptors (Lipinski definition) is 6. The van der Waals surface area contributed by atoms with Gasteiger partial charge in [0.2, 0.25) is 0 Å².